The predicted molar refractivity (Wildman–Crippen MR) is 90.9 cm³/mol. The predicted octanol–water partition coefficient (Wildman–Crippen LogP) is 2.92. The summed E-state index contributed by atoms with van der Waals surface area (Å²) >= 11 is 1.63. The molecule has 25 heavy (non-hydrogen) atoms. The normalized spacial score (nSPS) is 20.4. The Labute approximate surface area is 148 Å². The molecule has 0 radical (unpaired) electrons. The minimum absolute atomic E-state index is 0.0348. The molecule has 7 heteroatoms. The first-order chi connectivity index (χ1) is 12.3. The minimum atomic E-state index is -0.0348. The molecule has 0 saturated carbocycles. The number of carbonyl (C=O) groups is 1. The van der Waals surface area contributed by atoms with Crippen LogP contribution >= 0.6 is 11.8 Å². The number of rotatable bonds is 3. The van der Waals surface area contributed by atoms with E-state index in [0.717, 1.165) is 34.1 Å². The molecular weight excluding hydrogens is 342 g/mol. The Morgan fingerprint density at radius 1 is 0.920 bits per heavy atom. The molecule has 5 rings (SSSR count). The standard InChI is InChI=1S/C18H15NO5S/c20-17-8-25-18(12-2-4-14-16(6-12)24-10-22-14)19(17)7-11-1-3-13-15(5-11)23-9-21-13/h1-6,18H,7-10H2. The molecule has 0 bridgehead atoms. The number of hydrogen-bond donors (Lipinski definition) is 0. The Kier molecular flexibility index (Phi) is 3.41. The van der Waals surface area contributed by atoms with E-state index < -0.39 is 0 Å². The molecular formula is C18H15NO5S. The summed E-state index contributed by atoms with van der Waals surface area (Å²) in [5, 5.41) is -0.0348. The van der Waals surface area contributed by atoms with Gasteiger partial charge in [0, 0.05) is 6.54 Å². The van der Waals surface area contributed by atoms with Crippen molar-refractivity contribution in [3.05, 3.63) is 47.5 Å². The molecule has 1 atom stereocenters. The van der Waals surface area contributed by atoms with Crippen LogP contribution in [0.15, 0.2) is 36.4 Å². The van der Waals surface area contributed by atoms with Crippen LogP contribution in [0.3, 0.4) is 0 Å². The van der Waals surface area contributed by atoms with E-state index in [1.807, 2.05) is 41.3 Å². The first-order valence-corrected chi connectivity index (χ1v) is 9.02. The summed E-state index contributed by atoms with van der Waals surface area (Å²) in [6, 6.07) is 11.7. The van der Waals surface area contributed by atoms with Gasteiger partial charge in [0.1, 0.15) is 5.37 Å². The molecule has 1 amide bonds. The third-order valence-electron chi connectivity index (χ3n) is 4.44. The van der Waals surface area contributed by atoms with Crippen molar-refractivity contribution in [2.75, 3.05) is 19.3 Å². The second-order valence-corrected chi connectivity index (χ2v) is 7.05. The van der Waals surface area contributed by atoms with E-state index in [2.05, 4.69) is 0 Å². The molecule has 6 nitrogen and oxygen atoms in total. The number of ether oxygens (including phenoxy) is 4. The van der Waals surface area contributed by atoms with Crippen LogP contribution in [0, 0.1) is 0 Å². The van der Waals surface area contributed by atoms with E-state index in [4.69, 9.17) is 18.9 Å². The monoisotopic (exact) mass is 357 g/mol. The maximum Gasteiger partial charge on any atom is 0.234 e. The van der Waals surface area contributed by atoms with Gasteiger partial charge < -0.3 is 23.8 Å². The van der Waals surface area contributed by atoms with E-state index in [-0.39, 0.29) is 24.9 Å². The highest BCUT2D eigenvalue weighted by Gasteiger charge is 2.34. The fourth-order valence-electron chi connectivity index (χ4n) is 3.20. The minimum Gasteiger partial charge on any atom is -0.454 e. The van der Waals surface area contributed by atoms with Gasteiger partial charge in [-0.3, -0.25) is 4.79 Å². The zero-order valence-electron chi connectivity index (χ0n) is 13.3. The Morgan fingerprint density at radius 2 is 1.60 bits per heavy atom. The first kappa shape index (κ1) is 14.8. The SMILES string of the molecule is O=C1CSC(c2ccc3c(c2)OCO3)N1Cc1ccc2c(c1)OCO2. The maximum atomic E-state index is 12.4. The average molecular weight is 357 g/mol. The summed E-state index contributed by atoms with van der Waals surface area (Å²) in [4.78, 5) is 14.3. The van der Waals surface area contributed by atoms with Crippen molar-refractivity contribution in [2.45, 2.75) is 11.9 Å². The zero-order chi connectivity index (χ0) is 16.8. The summed E-state index contributed by atoms with van der Waals surface area (Å²) in [5.41, 5.74) is 2.06. The van der Waals surface area contributed by atoms with Crippen LogP contribution in [0.4, 0.5) is 0 Å². The van der Waals surface area contributed by atoms with Crippen molar-refractivity contribution in [2.24, 2.45) is 0 Å². The van der Waals surface area contributed by atoms with Gasteiger partial charge in [-0.15, -0.1) is 11.8 Å². The van der Waals surface area contributed by atoms with E-state index in [1.165, 1.54) is 0 Å². The van der Waals surface area contributed by atoms with Crippen LogP contribution in [-0.2, 0) is 11.3 Å². The van der Waals surface area contributed by atoms with Crippen molar-refractivity contribution >= 4 is 17.7 Å². The fraction of sp³-hybridized carbons (Fsp3) is 0.278. The second kappa shape index (κ2) is 5.77. The molecule has 0 aliphatic carbocycles. The molecule has 2 aromatic rings. The number of thioether (sulfide) groups is 1. The lowest BCUT2D eigenvalue weighted by Gasteiger charge is -2.24. The Balaban J connectivity index is 1.42. The summed E-state index contributed by atoms with van der Waals surface area (Å²) in [6.07, 6.45) is 0. The molecule has 1 saturated heterocycles. The summed E-state index contributed by atoms with van der Waals surface area (Å²) in [7, 11) is 0. The molecule has 3 aliphatic rings. The third-order valence-corrected chi connectivity index (χ3v) is 5.70. The van der Waals surface area contributed by atoms with Crippen LogP contribution in [-0.4, -0.2) is 30.1 Å². The van der Waals surface area contributed by atoms with Gasteiger partial charge in [-0.2, -0.15) is 0 Å². The van der Waals surface area contributed by atoms with Crippen molar-refractivity contribution in [3.8, 4) is 23.0 Å². The van der Waals surface area contributed by atoms with E-state index in [0.29, 0.717) is 12.3 Å². The lowest BCUT2D eigenvalue weighted by Crippen LogP contribution is -2.27. The topological polar surface area (TPSA) is 57.2 Å². The van der Waals surface area contributed by atoms with Crippen LogP contribution in [0.5, 0.6) is 23.0 Å². The summed E-state index contributed by atoms with van der Waals surface area (Å²) in [6.45, 7) is 1.02. The van der Waals surface area contributed by atoms with Gasteiger partial charge in [0.2, 0.25) is 19.5 Å². The molecule has 0 N–H and O–H groups in total. The van der Waals surface area contributed by atoms with Gasteiger partial charge in [0.05, 0.1) is 5.75 Å². The van der Waals surface area contributed by atoms with Crippen LogP contribution in [0.1, 0.15) is 16.5 Å². The Morgan fingerprint density at radius 3 is 2.40 bits per heavy atom. The van der Waals surface area contributed by atoms with Crippen LogP contribution in [0.25, 0.3) is 0 Å². The zero-order valence-corrected chi connectivity index (χ0v) is 14.1. The third kappa shape index (κ3) is 2.55. The molecule has 0 spiro atoms. The highest BCUT2D eigenvalue weighted by molar-refractivity contribution is 8.00. The van der Waals surface area contributed by atoms with Gasteiger partial charge >= 0.3 is 0 Å². The van der Waals surface area contributed by atoms with E-state index in [9.17, 15) is 4.79 Å². The van der Waals surface area contributed by atoms with Gasteiger partial charge in [-0.25, -0.2) is 0 Å². The van der Waals surface area contributed by atoms with Gasteiger partial charge in [0.15, 0.2) is 23.0 Å². The first-order valence-electron chi connectivity index (χ1n) is 7.97. The van der Waals surface area contributed by atoms with Gasteiger partial charge in [-0.1, -0.05) is 12.1 Å². The number of amides is 1. The van der Waals surface area contributed by atoms with Gasteiger partial charge in [0.25, 0.3) is 0 Å². The van der Waals surface area contributed by atoms with Crippen LogP contribution in [0.2, 0.25) is 0 Å². The molecule has 0 aromatic heterocycles. The smallest absolute Gasteiger partial charge is 0.234 e. The highest BCUT2D eigenvalue weighted by Crippen LogP contribution is 2.43. The summed E-state index contributed by atoms with van der Waals surface area (Å²) < 4.78 is 21.6. The lowest BCUT2D eigenvalue weighted by molar-refractivity contribution is -0.128. The highest BCUT2D eigenvalue weighted by atomic mass is 32.2. The molecule has 128 valence electrons. The van der Waals surface area contributed by atoms with Crippen molar-refractivity contribution < 1.29 is 23.7 Å². The van der Waals surface area contributed by atoms with E-state index >= 15 is 0 Å². The van der Waals surface area contributed by atoms with E-state index in [1.54, 1.807) is 11.8 Å². The molecule has 3 heterocycles. The number of benzene rings is 2. The molecule has 1 unspecified atom stereocenters. The number of hydrogen-bond acceptors (Lipinski definition) is 6. The largest absolute Gasteiger partial charge is 0.454 e. The molecule has 3 aliphatic heterocycles. The second-order valence-electron chi connectivity index (χ2n) is 5.99. The average Bonchev–Trinajstić information content (AvgIpc) is 3.34. The number of fused-ring (bicyclic) bond motifs is 2. The Bertz CT molecular complexity index is 855. The Hall–Kier alpha value is -2.54. The van der Waals surface area contributed by atoms with Crippen molar-refractivity contribution in [3.63, 3.8) is 0 Å². The maximum absolute atomic E-state index is 12.4. The van der Waals surface area contributed by atoms with Crippen molar-refractivity contribution in [1.82, 2.24) is 4.90 Å². The van der Waals surface area contributed by atoms with Crippen LogP contribution < -0.4 is 18.9 Å². The molecule has 2 aromatic carbocycles. The quantitative estimate of drug-likeness (QED) is 0.842. The number of nitrogens with zero attached hydrogens (tertiary/aromatic N) is 1. The van der Waals surface area contributed by atoms with Gasteiger partial charge in [-0.05, 0) is 35.4 Å². The molecule has 1 fully saturated rings. The van der Waals surface area contributed by atoms with Crippen molar-refractivity contribution in [1.29, 1.82) is 0 Å². The fourth-order valence-corrected chi connectivity index (χ4v) is 4.38. The lowest BCUT2D eigenvalue weighted by atomic mass is 10.1. The summed E-state index contributed by atoms with van der Waals surface area (Å²) in [5.74, 6) is 3.57. The number of carbonyl (C=O) groups excluding carboxylic acids is 1.